The third-order valence-corrected chi connectivity index (χ3v) is 5.97. The fourth-order valence-electron chi connectivity index (χ4n) is 3.29. The number of hydrogen-bond donors (Lipinski definition) is 1. The van der Waals surface area contributed by atoms with E-state index >= 15 is 0 Å². The predicted molar refractivity (Wildman–Crippen MR) is 128 cm³/mol. The number of carbonyl (C=O) groups is 1. The van der Waals surface area contributed by atoms with E-state index in [0.717, 1.165) is 22.9 Å². The number of rotatable bonds is 7. The van der Waals surface area contributed by atoms with Crippen molar-refractivity contribution in [3.8, 4) is 11.3 Å². The molecule has 0 fully saturated rings. The molecule has 0 spiro atoms. The van der Waals surface area contributed by atoms with Crippen molar-refractivity contribution in [1.29, 1.82) is 0 Å². The number of aromatic nitrogens is 3. The van der Waals surface area contributed by atoms with Gasteiger partial charge in [-0.1, -0.05) is 36.4 Å². The Hall–Kier alpha value is -4.04. The lowest BCUT2D eigenvalue weighted by atomic mass is 10.1. The van der Waals surface area contributed by atoms with E-state index in [9.17, 15) is 13.2 Å². The fraction of sp³-hybridized carbons (Fsp3) is 0.0800. The first-order valence-corrected chi connectivity index (χ1v) is 12.1. The Labute approximate surface area is 192 Å². The van der Waals surface area contributed by atoms with Gasteiger partial charge in [-0.15, -0.1) is 0 Å². The summed E-state index contributed by atoms with van der Waals surface area (Å²) < 4.78 is 25.3. The van der Waals surface area contributed by atoms with Crippen LogP contribution in [0.15, 0.2) is 96.3 Å². The van der Waals surface area contributed by atoms with Gasteiger partial charge >= 0.3 is 0 Å². The zero-order chi connectivity index (χ0) is 23.3. The molecular weight excluding hydrogens is 436 g/mol. The molecule has 1 N–H and O–H groups in total. The number of nitrogens with one attached hydrogen (secondary N) is 1. The minimum Gasteiger partial charge on any atom is -0.322 e. The van der Waals surface area contributed by atoms with Gasteiger partial charge in [0.05, 0.1) is 11.4 Å². The molecule has 0 aliphatic heterocycles. The van der Waals surface area contributed by atoms with E-state index in [2.05, 4.69) is 10.3 Å². The van der Waals surface area contributed by atoms with Crippen LogP contribution in [-0.4, -0.2) is 35.3 Å². The molecule has 8 heteroatoms. The number of nitrogens with zero attached hydrogens (tertiary/aromatic N) is 3. The minimum atomic E-state index is -3.36. The van der Waals surface area contributed by atoms with Crippen molar-refractivity contribution in [2.75, 3.05) is 11.6 Å². The summed E-state index contributed by atoms with van der Waals surface area (Å²) in [4.78, 5) is 16.8. The summed E-state index contributed by atoms with van der Waals surface area (Å²) in [6.07, 6.45) is 9.51. The molecular formula is C25H22N4O3S. The topological polar surface area (TPSA) is 94.0 Å². The quantitative estimate of drug-likeness (QED) is 0.422. The van der Waals surface area contributed by atoms with Crippen LogP contribution in [0.2, 0.25) is 0 Å². The van der Waals surface area contributed by atoms with Crippen LogP contribution in [0.3, 0.4) is 0 Å². The average molecular weight is 459 g/mol. The lowest BCUT2D eigenvalue weighted by Crippen LogP contribution is -2.08. The second-order valence-electron chi connectivity index (χ2n) is 7.48. The van der Waals surface area contributed by atoms with Gasteiger partial charge in [-0.2, -0.15) is 5.10 Å². The molecule has 0 radical (unpaired) electrons. The van der Waals surface area contributed by atoms with Crippen molar-refractivity contribution < 1.29 is 13.2 Å². The van der Waals surface area contributed by atoms with Crippen molar-refractivity contribution in [2.45, 2.75) is 11.4 Å². The van der Waals surface area contributed by atoms with Crippen LogP contribution < -0.4 is 5.32 Å². The Morgan fingerprint density at radius 2 is 1.88 bits per heavy atom. The minimum absolute atomic E-state index is 0.144. The third kappa shape index (κ3) is 5.81. The zero-order valence-electron chi connectivity index (χ0n) is 17.9. The highest BCUT2D eigenvalue weighted by Gasteiger charge is 2.11. The normalized spacial score (nSPS) is 11.5. The number of benzene rings is 2. The summed E-state index contributed by atoms with van der Waals surface area (Å²) in [7, 11) is -3.36. The van der Waals surface area contributed by atoms with E-state index in [4.69, 9.17) is 5.10 Å². The lowest BCUT2D eigenvalue weighted by Gasteiger charge is -2.04. The van der Waals surface area contributed by atoms with E-state index in [0.29, 0.717) is 17.9 Å². The van der Waals surface area contributed by atoms with Gasteiger partial charge in [0.1, 0.15) is 5.69 Å². The number of pyridine rings is 1. The second kappa shape index (κ2) is 9.62. The maximum Gasteiger partial charge on any atom is 0.248 e. The molecule has 0 aliphatic carbocycles. The first kappa shape index (κ1) is 22.2. The Morgan fingerprint density at radius 3 is 2.61 bits per heavy atom. The maximum absolute atomic E-state index is 12.5. The molecule has 0 bridgehead atoms. The highest BCUT2D eigenvalue weighted by atomic mass is 32.2. The second-order valence-corrected chi connectivity index (χ2v) is 9.50. The number of sulfone groups is 1. The first-order chi connectivity index (χ1) is 15.9. The van der Waals surface area contributed by atoms with Crippen LogP contribution >= 0.6 is 0 Å². The van der Waals surface area contributed by atoms with Crippen LogP contribution in [0, 0.1) is 0 Å². The molecule has 4 rings (SSSR count). The Bertz CT molecular complexity index is 1400. The molecule has 2 aromatic carbocycles. The molecule has 0 atom stereocenters. The molecule has 0 aliphatic rings. The standard InChI is InChI=1S/C25H22N4O3S/c1-33(31,32)23-11-5-10-22(15-23)27-24(30)13-12-21-18-29(17-19-7-3-2-4-8-19)28-25(21)20-9-6-14-26-16-20/h2-16,18H,17H2,1H3,(H,27,30)/b13-12+. The van der Waals surface area contributed by atoms with Gasteiger partial charge in [0.2, 0.25) is 5.91 Å². The summed E-state index contributed by atoms with van der Waals surface area (Å²) in [6, 6.07) is 19.9. The van der Waals surface area contributed by atoms with Gasteiger partial charge < -0.3 is 5.32 Å². The molecule has 0 saturated carbocycles. The van der Waals surface area contributed by atoms with E-state index in [1.54, 1.807) is 30.6 Å². The van der Waals surface area contributed by atoms with Crippen molar-refractivity contribution in [2.24, 2.45) is 0 Å². The largest absolute Gasteiger partial charge is 0.322 e. The van der Waals surface area contributed by atoms with Gasteiger partial charge in [0.25, 0.3) is 0 Å². The summed E-state index contributed by atoms with van der Waals surface area (Å²) >= 11 is 0. The molecule has 2 aromatic heterocycles. The first-order valence-electron chi connectivity index (χ1n) is 10.2. The van der Waals surface area contributed by atoms with Crippen LogP contribution in [0.1, 0.15) is 11.1 Å². The predicted octanol–water partition coefficient (Wildman–Crippen LogP) is 4.05. The molecule has 0 unspecified atom stereocenters. The molecule has 7 nitrogen and oxygen atoms in total. The summed E-state index contributed by atoms with van der Waals surface area (Å²) in [5, 5.41) is 7.40. The van der Waals surface area contributed by atoms with Crippen LogP contribution in [0.4, 0.5) is 5.69 Å². The van der Waals surface area contributed by atoms with Crippen LogP contribution in [0.5, 0.6) is 0 Å². The molecule has 2 heterocycles. The van der Waals surface area contributed by atoms with Gasteiger partial charge in [-0.3, -0.25) is 14.5 Å². The summed E-state index contributed by atoms with van der Waals surface area (Å²) in [5.41, 5.74) is 3.82. The highest BCUT2D eigenvalue weighted by Crippen LogP contribution is 2.23. The van der Waals surface area contributed by atoms with Gasteiger partial charge in [0.15, 0.2) is 9.84 Å². The van der Waals surface area contributed by atoms with Gasteiger partial charge in [-0.25, -0.2) is 8.42 Å². The Morgan fingerprint density at radius 1 is 1.06 bits per heavy atom. The highest BCUT2D eigenvalue weighted by molar-refractivity contribution is 7.90. The van der Waals surface area contributed by atoms with E-state index in [1.165, 1.54) is 18.2 Å². The molecule has 0 saturated heterocycles. The molecule has 33 heavy (non-hydrogen) atoms. The third-order valence-electron chi connectivity index (χ3n) is 4.86. The zero-order valence-corrected chi connectivity index (χ0v) is 18.7. The average Bonchev–Trinajstić information content (AvgIpc) is 3.21. The number of hydrogen-bond acceptors (Lipinski definition) is 5. The summed E-state index contributed by atoms with van der Waals surface area (Å²) in [6.45, 7) is 0.590. The number of amides is 1. The van der Waals surface area contributed by atoms with E-state index in [-0.39, 0.29) is 10.8 Å². The van der Waals surface area contributed by atoms with Gasteiger partial charge in [0, 0.05) is 47.7 Å². The van der Waals surface area contributed by atoms with Crippen LogP contribution in [-0.2, 0) is 21.2 Å². The van der Waals surface area contributed by atoms with Crippen molar-refractivity contribution in [1.82, 2.24) is 14.8 Å². The SMILES string of the molecule is CS(=O)(=O)c1cccc(NC(=O)/C=C/c2cn(Cc3ccccc3)nc2-c2cccnc2)c1. The fourth-order valence-corrected chi connectivity index (χ4v) is 3.96. The maximum atomic E-state index is 12.5. The Balaban J connectivity index is 1.58. The molecule has 4 aromatic rings. The van der Waals surface area contributed by atoms with E-state index < -0.39 is 9.84 Å². The monoisotopic (exact) mass is 458 g/mol. The summed E-state index contributed by atoms with van der Waals surface area (Å²) in [5.74, 6) is -0.381. The molecule has 1 amide bonds. The van der Waals surface area contributed by atoms with Crippen LogP contribution in [0.25, 0.3) is 17.3 Å². The number of anilines is 1. The van der Waals surface area contributed by atoms with Crippen molar-refractivity contribution in [3.05, 3.63) is 103 Å². The Kier molecular flexibility index (Phi) is 6.46. The van der Waals surface area contributed by atoms with Crippen molar-refractivity contribution in [3.63, 3.8) is 0 Å². The number of carbonyl (C=O) groups excluding carboxylic acids is 1. The lowest BCUT2D eigenvalue weighted by molar-refractivity contribution is -0.111. The molecule has 166 valence electrons. The van der Waals surface area contributed by atoms with Crippen molar-refractivity contribution >= 4 is 27.5 Å². The van der Waals surface area contributed by atoms with Gasteiger partial charge in [-0.05, 0) is 42.0 Å². The smallest absolute Gasteiger partial charge is 0.248 e. The van der Waals surface area contributed by atoms with E-state index in [1.807, 2.05) is 53.3 Å².